The molecule has 1 heterocycles. The number of aryl methyl sites for hydroxylation is 1. The Morgan fingerprint density at radius 1 is 0.943 bits per heavy atom. The molecule has 0 aliphatic heterocycles. The fraction of sp³-hybridized carbons (Fsp3) is 0.0357. The Kier molecular flexibility index (Phi) is 6.32. The predicted molar refractivity (Wildman–Crippen MR) is 142 cm³/mol. The predicted octanol–water partition coefficient (Wildman–Crippen LogP) is 7.11. The molecule has 0 fully saturated rings. The number of rotatable bonds is 6. The minimum atomic E-state index is -0.393. The van der Waals surface area contributed by atoms with Gasteiger partial charge in [-0.25, -0.2) is 9.37 Å². The number of amides is 1. The number of fused-ring (bicyclic) bond motifs is 1. The van der Waals surface area contributed by atoms with E-state index in [1.165, 1.54) is 35.6 Å². The van der Waals surface area contributed by atoms with Gasteiger partial charge < -0.3 is 5.32 Å². The molecule has 0 aliphatic rings. The van der Waals surface area contributed by atoms with E-state index in [2.05, 4.69) is 39.0 Å². The molecule has 1 aromatic heterocycles. The number of hydrogen-bond acceptors (Lipinski definition) is 5. The van der Waals surface area contributed by atoms with Gasteiger partial charge in [-0.15, -0.1) is 0 Å². The lowest BCUT2D eigenvalue weighted by Gasteiger charge is -2.06. The Morgan fingerprint density at radius 3 is 2.49 bits per heavy atom. The zero-order valence-electron chi connectivity index (χ0n) is 18.8. The highest BCUT2D eigenvalue weighted by Gasteiger charge is 2.16. The van der Waals surface area contributed by atoms with Gasteiger partial charge in [-0.1, -0.05) is 83.6 Å². The van der Waals surface area contributed by atoms with Gasteiger partial charge in [-0.05, 0) is 42.0 Å². The van der Waals surface area contributed by atoms with Crippen molar-refractivity contribution in [3.63, 3.8) is 0 Å². The van der Waals surface area contributed by atoms with E-state index in [0.29, 0.717) is 21.4 Å². The molecule has 5 rings (SSSR count). The van der Waals surface area contributed by atoms with Gasteiger partial charge in [0.25, 0.3) is 5.91 Å². The normalized spacial score (nSPS) is 11.1. The molecular weight excluding hydrogens is 459 g/mol. The van der Waals surface area contributed by atoms with E-state index in [0.717, 1.165) is 27.5 Å². The maximum atomic E-state index is 13.3. The molecule has 2 N–H and O–H groups in total. The van der Waals surface area contributed by atoms with E-state index >= 15 is 0 Å². The Bertz CT molecular complexity index is 1520. The van der Waals surface area contributed by atoms with Crippen molar-refractivity contribution in [1.29, 1.82) is 0 Å². The van der Waals surface area contributed by atoms with Gasteiger partial charge >= 0.3 is 0 Å². The second-order valence-corrected chi connectivity index (χ2v) is 8.96. The highest BCUT2D eigenvalue weighted by Crippen LogP contribution is 2.36. The standard InChI is InChI=1S/C28H21FN4OS/c1-18-9-11-20(12-10-18)25-27(32-26(34)21-13-15-23(29)16-14-21)35-28(31-25)33-30-17-22-7-4-6-19-5-2-3-8-24(19)22/h2-17H,1H3,(H,31,33)(H,32,34). The number of thiazole rings is 1. The van der Waals surface area contributed by atoms with Crippen molar-refractivity contribution in [2.24, 2.45) is 5.10 Å². The minimum Gasteiger partial charge on any atom is -0.312 e. The lowest BCUT2D eigenvalue weighted by molar-refractivity contribution is 0.102. The largest absolute Gasteiger partial charge is 0.312 e. The molecule has 1 amide bonds. The number of anilines is 2. The van der Waals surface area contributed by atoms with Gasteiger partial charge in [0.15, 0.2) is 0 Å². The van der Waals surface area contributed by atoms with Crippen molar-refractivity contribution >= 4 is 44.4 Å². The van der Waals surface area contributed by atoms with Gasteiger partial charge in [-0.2, -0.15) is 5.10 Å². The Balaban J connectivity index is 1.42. The number of hydrazone groups is 1. The molecule has 0 spiro atoms. The summed E-state index contributed by atoms with van der Waals surface area (Å²) in [4.78, 5) is 17.5. The van der Waals surface area contributed by atoms with Gasteiger partial charge in [0.05, 0.1) is 6.21 Å². The van der Waals surface area contributed by atoms with Crippen molar-refractivity contribution in [3.8, 4) is 11.3 Å². The first-order valence-corrected chi connectivity index (χ1v) is 11.8. The summed E-state index contributed by atoms with van der Waals surface area (Å²) in [5, 5.41) is 10.7. The molecule has 0 unspecified atom stereocenters. The molecule has 172 valence electrons. The fourth-order valence-electron chi connectivity index (χ4n) is 3.66. The number of carbonyl (C=O) groups excluding carboxylic acids is 1. The van der Waals surface area contributed by atoms with Crippen molar-refractivity contribution < 1.29 is 9.18 Å². The summed E-state index contributed by atoms with van der Waals surface area (Å²) in [6.45, 7) is 2.01. The number of benzene rings is 4. The van der Waals surface area contributed by atoms with Crippen molar-refractivity contribution in [1.82, 2.24) is 4.98 Å². The van der Waals surface area contributed by atoms with E-state index in [1.54, 1.807) is 6.21 Å². The van der Waals surface area contributed by atoms with Crippen LogP contribution in [0.5, 0.6) is 0 Å². The van der Waals surface area contributed by atoms with Crippen LogP contribution in [0.1, 0.15) is 21.5 Å². The summed E-state index contributed by atoms with van der Waals surface area (Å²) < 4.78 is 13.3. The van der Waals surface area contributed by atoms with Crippen molar-refractivity contribution in [2.45, 2.75) is 6.92 Å². The number of aromatic nitrogens is 1. The van der Waals surface area contributed by atoms with Crippen LogP contribution in [0.15, 0.2) is 96.1 Å². The first kappa shape index (κ1) is 22.4. The molecule has 0 bridgehead atoms. The maximum Gasteiger partial charge on any atom is 0.256 e. The average Bonchev–Trinajstić information content (AvgIpc) is 3.27. The lowest BCUT2D eigenvalue weighted by atomic mass is 10.1. The highest BCUT2D eigenvalue weighted by molar-refractivity contribution is 7.20. The summed E-state index contributed by atoms with van der Waals surface area (Å²) >= 11 is 1.28. The third kappa shape index (κ3) is 5.10. The summed E-state index contributed by atoms with van der Waals surface area (Å²) in [5.74, 6) is -0.733. The van der Waals surface area contributed by atoms with E-state index in [4.69, 9.17) is 0 Å². The first-order valence-electron chi connectivity index (χ1n) is 11.0. The van der Waals surface area contributed by atoms with E-state index in [1.807, 2.05) is 55.5 Å². The Morgan fingerprint density at radius 2 is 1.69 bits per heavy atom. The number of nitrogens with zero attached hydrogens (tertiary/aromatic N) is 2. The lowest BCUT2D eigenvalue weighted by Crippen LogP contribution is -2.11. The Labute approximate surface area is 206 Å². The van der Waals surface area contributed by atoms with Crippen LogP contribution in [0.4, 0.5) is 14.5 Å². The molecule has 0 aliphatic carbocycles. The fourth-order valence-corrected chi connectivity index (χ4v) is 4.49. The van der Waals surface area contributed by atoms with Crippen LogP contribution in [-0.4, -0.2) is 17.1 Å². The SMILES string of the molecule is Cc1ccc(-c2nc(NN=Cc3cccc4ccccc34)sc2NC(=O)c2ccc(F)cc2)cc1. The van der Waals surface area contributed by atoms with E-state index in [9.17, 15) is 9.18 Å². The minimum absolute atomic E-state index is 0.340. The van der Waals surface area contributed by atoms with Gasteiger partial charge in [-0.3, -0.25) is 10.2 Å². The molecule has 0 radical (unpaired) electrons. The third-order valence-electron chi connectivity index (χ3n) is 5.47. The zero-order valence-corrected chi connectivity index (χ0v) is 19.6. The van der Waals surface area contributed by atoms with E-state index in [-0.39, 0.29) is 5.91 Å². The van der Waals surface area contributed by atoms with Gasteiger partial charge in [0.1, 0.15) is 16.5 Å². The average molecular weight is 481 g/mol. The summed E-state index contributed by atoms with van der Waals surface area (Å²) in [7, 11) is 0. The smallest absolute Gasteiger partial charge is 0.256 e. The van der Waals surface area contributed by atoms with Crippen LogP contribution in [0.25, 0.3) is 22.0 Å². The van der Waals surface area contributed by atoms with Crippen LogP contribution in [0, 0.1) is 12.7 Å². The molecule has 7 heteroatoms. The number of hydrogen-bond donors (Lipinski definition) is 2. The van der Waals surface area contributed by atoms with Crippen molar-refractivity contribution in [2.75, 3.05) is 10.7 Å². The van der Waals surface area contributed by atoms with Crippen molar-refractivity contribution in [3.05, 3.63) is 114 Å². The van der Waals surface area contributed by atoms with Crippen LogP contribution in [0.3, 0.4) is 0 Å². The van der Waals surface area contributed by atoms with Crippen LogP contribution in [0.2, 0.25) is 0 Å². The number of nitrogens with one attached hydrogen (secondary N) is 2. The maximum absolute atomic E-state index is 13.3. The molecule has 0 saturated carbocycles. The number of carbonyl (C=O) groups is 1. The molecule has 5 aromatic rings. The number of halogens is 1. The van der Waals surface area contributed by atoms with E-state index < -0.39 is 5.82 Å². The quantitative estimate of drug-likeness (QED) is 0.201. The zero-order chi connectivity index (χ0) is 24.2. The summed E-state index contributed by atoms with van der Waals surface area (Å²) in [6.07, 6.45) is 1.76. The summed E-state index contributed by atoms with van der Waals surface area (Å²) in [5.41, 5.74) is 6.96. The summed E-state index contributed by atoms with van der Waals surface area (Å²) in [6, 6.07) is 27.5. The molecule has 0 atom stereocenters. The van der Waals surface area contributed by atoms with Gasteiger partial charge in [0.2, 0.25) is 5.13 Å². The first-order chi connectivity index (χ1) is 17.1. The molecule has 0 saturated heterocycles. The second kappa shape index (κ2) is 9.87. The molecule has 4 aromatic carbocycles. The van der Waals surface area contributed by atoms with Gasteiger partial charge in [0, 0.05) is 16.7 Å². The second-order valence-electron chi connectivity index (χ2n) is 7.96. The van der Waals surface area contributed by atoms with Crippen LogP contribution < -0.4 is 10.7 Å². The molecule has 35 heavy (non-hydrogen) atoms. The van der Waals surface area contributed by atoms with Crippen LogP contribution >= 0.6 is 11.3 Å². The molecular formula is C28H21FN4OS. The molecule has 5 nitrogen and oxygen atoms in total. The monoisotopic (exact) mass is 480 g/mol. The Hall–Kier alpha value is -4.36. The van der Waals surface area contributed by atoms with Crippen LogP contribution in [-0.2, 0) is 0 Å². The topological polar surface area (TPSA) is 66.4 Å². The highest BCUT2D eigenvalue weighted by atomic mass is 32.1. The third-order valence-corrected chi connectivity index (χ3v) is 6.35.